The Morgan fingerprint density at radius 3 is 2.83 bits per heavy atom. The highest BCUT2D eigenvalue weighted by Crippen LogP contribution is 2.13. The van der Waals surface area contributed by atoms with Crippen LogP contribution < -0.4 is 11.1 Å². The van der Waals surface area contributed by atoms with E-state index >= 15 is 0 Å². The van der Waals surface area contributed by atoms with Crippen molar-refractivity contribution in [3.63, 3.8) is 0 Å². The molecule has 0 aliphatic carbocycles. The monoisotopic (exact) mass is 253 g/mol. The van der Waals surface area contributed by atoms with Crippen molar-refractivity contribution in [3.05, 3.63) is 0 Å². The van der Waals surface area contributed by atoms with Gasteiger partial charge in [-0.2, -0.15) is 5.26 Å². The predicted octanol–water partition coefficient (Wildman–Crippen LogP) is 0.0770. The fourth-order valence-electron chi connectivity index (χ4n) is 1.87. The summed E-state index contributed by atoms with van der Waals surface area (Å²) in [5.41, 5.74) is 5.25. The summed E-state index contributed by atoms with van der Waals surface area (Å²) in [6.45, 7) is 0.993. The summed E-state index contributed by atoms with van der Waals surface area (Å²) < 4.78 is 5.12. The first-order valence-corrected chi connectivity index (χ1v) is 6.19. The Morgan fingerprint density at radius 2 is 2.28 bits per heavy atom. The Morgan fingerprint density at radius 1 is 1.50 bits per heavy atom. The second kappa shape index (κ2) is 7.67. The molecule has 2 amide bonds. The van der Waals surface area contributed by atoms with E-state index in [1.807, 2.05) is 6.07 Å². The Balaban J connectivity index is 2.34. The quantitative estimate of drug-likeness (QED) is 0.626. The van der Waals surface area contributed by atoms with Crippen molar-refractivity contribution in [1.29, 1.82) is 5.26 Å². The number of nitriles is 1. The number of carbonyl (C=O) groups is 2. The van der Waals surface area contributed by atoms with Crippen molar-refractivity contribution in [1.82, 2.24) is 5.32 Å². The molecule has 1 aliphatic heterocycles. The van der Waals surface area contributed by atoms with Crippen molar-refractivity contribution >= 4 is 11.8 Å². The van der Waals surface area contributed by atoms with Crippen LogP contribution in [0.5, 0.6) is 0 Å². The lowest BCUT2D eigenvalue weighted by Gasteiger charge is -2.17. The fourth-order valence-corrected chi connectivity index (χ4v) is 1.87. The molecule has 0 aromatic heterocycles. The van der Waals surface area contributed by atoms with E-state index in [0.717, 1.165) is 0 Å². The second-order valence-corrected chi connectivity index (χ2v) is 4.43. The Kier molecular flexibility index (Phi) is 6.15. The summed E-state index contributed by atoms with van der Waals surface area (Å²) in [5.74, 6) is -0.873. The summed E-state index contributed by atoms with van der Waals surface area (Å²) in [5, 5.41) is 11.1. The molecular formula is C12H19N3O3. The predicted molar refractivity (Wildman–Crippen MR) is 64.1 cm³/mol. The normalized spacial score (nSPS) is 20.1. The number of hydrogen-bond acceptors (Lipinski definition) is 4. The van der Waals surface area contributed by atoms with Gasteiger partial charge in [0.25, 0.3) is 0 Å². The van der Waals surface area contributed by atoms with Gasteiger partial charge >= 0.3 is 0 Å². The zero-order valence-corrected chi connectivity index (χ0v) is 10.4. The van der Waals surface area contributed by atoms with E-state index in [4.69, 9.17) is 15.7 Å². The number of carbonyl (C=O) groups excluding carboxylic acids is 2. The Labute approximate surface area is 106 Å². The summed E-state index contributed by atoms with van der Waals surface area (Å²) in [4.78, 5) is 23.0. The minimum Gasteiger partial charge on any atom is -0.381 e. The van der Waals surface area contributed by atoms with Crippen LogP contribution in [0.2, 0.25) is 0 Å². The molecule has 0 aromatic carbocycles. The molecule has 1 rings (SSSR count). The van der Waals surface area contributed by atoms with Crippen molar-refractivity contribution in [2.75, 3.05) is 13.2 Å². The van der Waals surface area contributed by atoms with Crippen molar-refractivity contribution in [2.45, 2.75) is 38.1 Å². The molecule has 0 saturated carbocycles. The number of nitrogens with zero attached hydrogens (tertiary/aromatic N) is 1. The van der Waals surface area contributed by atoms with Crippen LogP contribution in [0.4, 0.5) is 0 Å². The van der Waals surface area contributed by atoms with Gasteiger partial charge < -0.3 is 15.8 Å². The molecule has 1 heterocycles. The molecule has 1 fully saturated rings. The molecule has 2 atom stereocenters. The van der Waals surface area contributed by atoms with E-state index < -0.39 is 11.9 Å². The van der Waals surface area contributed by atoms with Gasteiger partial charge in [-0.25, -0.2) is 0 Å². The smallest absolute Gasteiger partial charge is 0.239 e. The van der Waals surface area contributed by atoms with Crippen LogP contribution in [-0.2, 0) is 14.3 Å². The summed E-state index contributed by atoms with van der Waals surface area (Å²) >= 11 is 0. The van der Waals surface area contributed by atoms with Crippen molar-refractivity contribution in [3.8, 4) is 6.07 Å². The van der Waals surface area contributed by atoms with E-state index in [0.29, 0.717) is 45.3 Å². The lowest BCUT2D eigenvalue weighted by atomic mass is 10.0. The number of nitrogens with two attached hydrogens (primary N) is 1. The SMILES string of the molecule is N#CCCCC[C@@H](NC(=O)[C@@H]1CCOC1)C(N)=O. The highest BCUT2D eigenvalue weighted by atomic mass is 16.5. The Hall–Kier alpha value is -1.61. The average Bonchev–Trinajstić information content (AvgIpc) is 2.86. The van der Waals surface area contributed by atoms with Crippen LogP contribution in [0.3, 0.4) is 0 Å². The molecule has 1 saturated heterocycles. The lowest BCUT2D eigenvalue weighted by Crippen LogP contribution is -2.46. The van der Waals surface area contributed by atoms with E-state index in [9.17, 15) is 9.59 Å². The zero-order valence-electron chi connectivity index (χ0n) is 10.4. The molecule has 6 heteroatoms. The number of primary amides is 1. The maximum Gasteiger partial charge on any atom is 0.239 e. The summed E-state index contributed by atoms with van der Waals surface area (Å²) in [6, 6.07) is 1.39. The second-order valence-electron chi connectivity index (χ2n) is 4.43. The van der Waals surface area contributed by atoms with Gasteiger partial charge in [-0.1, -0.05) is 0 Å². The topological polar surface area (TPSA) is 105 Å². The van der Waals surface area contributed by atoms with Crippen LogP contribution in [0.1, 0.15) is 32.1 Å². The highest BCUT2D eigenvalue weighted by molar-refractivity contribution is 5.87. The maximum atomic E-state index is 11.8. The minimum absolute atomic E-state index is 0.170. The van der Waals surface area contributed by atoms with Gasteiger partial charge in [-0.15, -0.1) is 0 Å². The third-order valence-electron chi connectivity index (χ3n) is 2.99. The van der Waals surface area contributed by atoms with Gasteiger partial charge in [0.2, 0.25) is 11.8 Å². The standard InChI is InChI=1S/C12H19N3O3/c13-6-3-1-2-4-10(11(14)16)15-12(17)9-5-7-18-8-9/h9-10H,1-5,7-8H2,(H2,14,16)(H,15,17)/t9-,10-/m1/s1. The summed E-state index contributed by atoms with van der Waals surface area (Å²) in [7, 11) is 0. The zero-order chi connectivity index (χ0) is 13.4. The van der Waals surface area contributed by atoms with Crippen LogP contribution in [-0.4, -0.2) is 31.1 Å². The number of ether oxygens (including phenoxy) is 1. The molecule has 3 N–H and O–H groups in total. The third-order valence-corrected chi connectivity index (χ3v) is 2.99. The van der Waals surface area contributed by atoms with Gasteiger partial charge in [0.15, 0.2) is 0 Å². The minimum atomic E-state index is -0.642. The largest absolute Gasteiger partial charge is 0.381 e. The molecule has 1 aliphatic rings. The lowest BCUT2D eigenvalue weighted by molar-refractivity contribution is -0.130. The molecule has 0 radical (unpaired) electrons. The number of amides is 2. The number of hydrogen-bond donors (Lipinski definition) is 2. The molecule has 0 spiro atoms. The van der Waals surface area contributed by atoms with E-state index in [1.54, 1.807) is 0 Å². The molecular weight excluding hydrogens is 234 g/mol. The van der Waals surface area contributed by atoms with Gasteiger partial charge in [0.05, 0.1) is 18.6 Å². The fraction of sp³-hybridized carbons (Fsp3) is 0.750. The van der Waals surface area contributed by atoms with Crippen molar-refractivity contribution in [2.24, 2.45) is 11.7 Å². The molecule has 100 valence electrons. The van der Waals surface area contributed by atoms with Gasteiger partial charge in [-0.05, 0) is 25.7 Å². The number of rotatable bonds is 7. The first-order chi connectivity index (χ1) is 8.65. The van der Waals surface area contributed by atoms with Crippen LogP contribution in [0, 0.1) is 17.2 Å². The van der Waals surface area contributed by atoms with E-state index in [1.165, 1.54) is 0 Å². The molecule has 6 nitrogen and oxygen atoms in total. The number of nitrogens with one attached hydrogen (secondary N) is 1. The summed E-state index contributed by atoms with van der Waals surface area (Å²) in [6.07, 6.45) is 3.03. The average molecular weight is 253 g/mol. The van der Waals surface area contributed by atoms with Gasteiger partial charge in [0, 0.05) is 13.0 Å². The van der Waals surface area contributed by atoms with Crippen LogP contribution in [0.25, 0.3) is 0 Å². The van der Waals surface area contributed by atoms with Crippen molar-refractivity contribution < 1.29 is 14.3 Å². The number of unbranched alkanes of at least 4 members (excludes halogenated alkanes) is 2. The van der Waals surface area contributed by atoms with E-state index in [-0.39, 0.29) is 11.8 Å². The Bertz CT molecular complexity index is 332. The third kappa shape index (κ3) is 4.72. The van der Waals surface area contributed by atoms with Crippen LogP contribution in [0.15, 0.2) is 0 Å². The maximum absolute atomic E-state index is 11.8. The molecule has 0 aromatic rings. The van der Waals surface area contributed by atoms with Crippen LogP contribution >= 0.6 is 0 Å². The van der Waals surface area contributed by atoms with E-state index in [2.05, 4.69) is 5.32 Å². The van der Waals surface area contributed by atoms with Gasteiger partial charge in [-0.3, -0.25) is 9.59 Å². The first kappa shape index (κ1) is 14.5. The highest BCUT2D eigenvalue weighted by Gasteiger charge is 2.26. The molecule has 18 heavy (non-hydrogen) atoms. The van der Waals surface area contributed by atoms with Gasteiger partial charge in [0.1, 0.15) is 6.04 Å². The molecule has 0 unspecified atom stereocenters. The first-order valence-electron chi connectivity index (χ1n) is 6.19. The molecule has 0 bridgehead atoms.